The average molecular weight is 416 g/mol. The van der Waals surface area contributed by atoms with Gasteiger partial charge in [-0.25, -0.2) is 0 Å². The number of aromatic amines is 1. The fourth-order valence-corrected chi connectivity index (χ4v) is 5.60. The Balaban J connectivity index is 1.75. The summed E-state index contributed by atoms with van der Waals surface area (Å²) in [5.74, 6) is 1.33. The van der Waals surface area contributed by atoms with Gasteiger partial charge in [0.2, 0.25) is 0 Å². The number of fused-ring (bicyclic) bond motifs is 2. The van der Waals surface area contributed by atoms with E-state index >= 15 is 0 Å². The van der Waals surface area contributed by atoms with E-state index in [9.17, 15) is 5.11 Å². The molecule has 138 valence electrons. The van der Waals surface area contributed by atoms with E-state index in [1.165, 1.54) is 16.6 Å². The summed E-state index contributed by atoms with van der Waals surface area (Å²) in [4.78, 5) is 7.54. The monoisotopic (exact) mass is 415 g/mol. The molecule has 1 aromatic heterocycles. The number of rotatable bonds is 3. The van der Waals surface area contributed by atoms with Crippen LogP contribution in [0.4, 0.5) is 0 Å². The molecular formula is C21H26BrN3O. The lowest BCUT2D eigenvalue weighted by Crippen LogP contribution is -2.47. The Morgan fingerprint density at radius 3 is 2.92 bits per heavy atom. The first-order valence-electron chi connectivity index (χ1n) is 9.61. The minimum atomic E-state index is -0.193. The Bertz CT molecular complexity index is 826. The molecule has 5 heteroatoms. The number of H-pyrrole nitrogens is 1. The van der Waals surface area contributed by atoms with Gasteiger partial charge in [0.05, 0.1) is 12.6 Å². The Labute approximate surface area is 163 Å². The van der Waals surface area contributed by atoms with E-state index in [2.05, 4.69) is 57.1 Å². The lowest BCUT2D eigenvalue weighted by Gasteiger charge is -2.45. The van der Waals surface area contributed by atoms with Gasteiger partial charge < -0.3 is 10.1 Å². The van der Waals surface area contributed by atoms with Crippen molar-refractivity contribution in [2.45, 2.75) is 44.8 Å². The molecular weight excluding hydrogens is 390 g/mol. The molecule has 1 saturated carbocycles. The third kappa shape index (κ3) is 2.93. The quantitative estimate of drug-likeness (QED) is 0.562. The molecule has 0 unspecified atom stereocenters. The second kappa shape index (κ2) is 7.25. The summed E-state index contributed by atoms with van der Waals surface area (Å²) < 4.78 is 0. The molecule has 4 nitrogen and oxygen atoms in total. The SMILES string of the molecule is [C-]#[N+]N1C[C@@H]2CC[C@H](O)[C@H](C)[C@H]2C[C@H]1c1[nH]c2ccccc2c1CCBr. The van der Waals surface area contributed by atoms with Crippen LogP contribution in [0.3, 0.4) is 0 Å². The lowest BCUT2D eigenvalue weighted by atomic mass is 9.66. The fourth-order valence-electron chi connectivity index (χ4n) is 5.20. The van der Waals surface area contributed by atoms with Crippen molar-refractivity contribution in [2.24, 2.45) is 17.8 Å². The van der Waals surface area contributed by atoms with Gasteiger partial charge in [-0.2, -0.15) is 11.5 Å². The molecule has 1 aliphatic heterocycles. The maximum atomic E-state index is 10.4. The molecule has 1 aliphatic carbocycles. The van der Waals surface area contributed by atoms with E-state index in [0.717, 1.165) is 43.1 Å². The van der Waals surface area contributed by atoms with Crippen molar-refractivity contribution in [3.05, 3.63) is 47.0 Å². The van der Waals surface area contributed by atoms with Crippen molar-refractivity contribution < 1.29 is 5.11 Å². The summed E-state index contributed by atoms with van der Waals surface area (Å²) in [5, 5.41) is 14.5. The molecule has 1 aromatic carbocycles. The minimum Gasteiger partial charge on any atom is -0.393 e. The maximum absolute atomic E-state index is 10.4. The molecule has 0 bridgehead atoms. The molecule has 2 aliphatic rings. The van der Waals surface area contributed by atoms with Crippen LogP contribution in [0.15, 0.2) is 24.3 Å². The van der Waals surface area contributed by atoms with Crippen molar-refractivity contribution in [2.75, 3.05) is 11.9 Å². The molecule has 1 saturated heterocycles. The van der Waals surface area contributed by atoms with Gasteiger partial charge in [0.1, 0.15) is 6.04 Å². The number of benzene rings is 1. The first-order chi connectivity index (χ1) is 12.6. The number of hydrogen-bond acceptors (Lipinski definition) is 2. The van der Waals surface area contributed by atoms with Crippen LogP contribution in [-0.4, -0.2) is 33.1 Å². The number of hydrogen-bond donors (Lipinski definition) is 2. The normalized spacial score (nSPS) is 31.6. The molecule has 2 aromatic rings. The molecule has 4 rings (SSSR count). The molecule has 26 heavy (non-hydrogen) atoms. The number of aliphatic hydroxyl groups is 1. The number of para-hydroxylation sites is 1. The second-order valence-electron chi connectivity index (χ2n) is 7.90. The molecule has 5 atom stereocenters. The van der Waals surface area contributed by atoms with Gasteiger partial charge >= 0.3 is 0 Å². The second-order valence-corrected chi connectivity index (χ2v) is 8.70. The number of aromatic nitrogens is 1. The smallest absolute Gasteiger partial charge is 0.137 e. The molecule has 0 radical (unpaired) electrons. The zero-order valence-electron chi connectivity index (χ0n) is 15.2. The summed E-state index contributed by atoms with van der Waals surface area (Å²) in [6, 6.07) is 8.53. The van der Waals surface area contributed by atoms with Gasteiger partial charge in [-0.15, -0.1) is 5.01 Å². The summed E-state index contributed by atoms with van der Waals surface area (Å²) in [7, 11) is 0. The van der Waals surface area contributed by atoms with Crippen LogP contribution in [0.1, 0.15) is 43.5 Å². The van der Waals surface area contributed by atoms with Crippen LogP contribution >= 0.6 is 15.9 Å². The molecule has 0 spiro atoms. The van der Waals surface area contributed by atoms with Gasteiger partial charge in [-0.1, -0.05) is 41.1 Å². The van der Waals surface area contributed by atoms with Crippen LogP contribution in [0.25, 0.3) is 15.9 Å². The first-order valence-corrected chi connectivity index (χ1v) is 10.7. The van der Waals surface area contributed by atoms with Crippen LogP contribution in [-0.2, 0) is 6.42 Å². The van der Waals surface area contributed by atoms with Gasteiger partial charge in [-0.3, -0.25) is 0 Å². The molecule has 2 fully saturated rings. The zero-order valence-corrected chi connectivity index (χ0v) is 16.7. The highest BCUT2D eigenvalue weighted by molar-refractivity contribution is 9.09. The van der Waals surface area contributed by atoms with E-state index < -0.39 is 0 Å². The summed E-state index contributed by atoms with van der Waals surface area (Å²) in [6.45, 7) is 10.8. The zero-order chi connectivity index (χ0) is 18.3. The highest BCUT2D eigenvalue weighted by Crippen LogP contribution is 2.47. The predicted octanol–water partition coefficient (Wildman–Crippen LogP) is 4.71. The van der Waals surface area contributed by atoms with Crippen LogP contribution in [0.5, 0.6) is 0 Å². The summed E-state index contributed by atoms with van der Waals surface area (Å²) >= 11 is 3.60. The Morgan fingerprint density at radius 1 is 1.35 bits per heavy atom. The number of nitrogens with one attached hydrogen (secondary N) is 1. The number of halogens is 1. The van der Waals surface area contributed by atoms with E-state index in [1.54, 1.807) is 0 Å². The van der Waals surface area contributed by atoms with Gasteiger partial charge in [0, 0.05) is 21.9 Å². The summed E-state index contributed by atoms with van der Waals surface area (Å²) in [6.07, 6.45) is 3.62. The predicted molar refractivity (Wildman–Crippen MR) is 108 cm³/mol. The topological polar surface area (TPSA) is 43.6 Å². The highest BCUT2D eigenvalue weighted by Gasteiger charge is 2.46. The van der Waals surface area contributed by atoms with Crippen molar-refractivity contribution >= 4 is 26.8 Å². The standard InChI is InChI=1S/C21H26BrN3O/c1-13-17-11-19(25(23-2)12-14(17)7-8-20(13)26)21-16(9-10-22)15-5-3-4-6-18(15)24-21/h3-6,13-14,17,19-20,24,26H,7-12H2,1H3/t13-,14+,17-,19+,20+/m1/s1. The van der Waals surface area contributed by atoms with E-state index in [-0.39, 0.29) is 12.1 Å². The highest BCUT2D eigenvalue weighted by atomic mass is 79.9. The fraction of sp³-hybridized carbons (Fsp3) is 0.571. The average Bonchev–Trinajstić information content (AvgIpc) is 3.03. The van der Waals surface area contributed by atoms with E-state index in [0.29, 0.717) is 17.8 Å². The van der Waals surface area contributed by atoms with Crippen molar-refractivity contribution in [1.29, 1.82) is 0 Å². The number of nitrogens with zero attached hydrogens (tertiary/aromatic N) is 2. The molecule has 2 N–H and O–H groups in total. The summed E-state index contributed by atoms with van der Waals surface area (Å²) in [5.41, 5.74) is 3.69. The minimum absolute atomic E-state index is 0.0861. The van der Waals surface area contributed by atoms with Crippen molar-refractivity contribution in [3.8, 4) is 0 Å². The third-order valence-corrected chi connectivity index (χ3v) is 7.05. The van der Waals surface area contributed by atoms with Crippen LogP contribution in [0.2, 0.25) is 0 Å². The maximum Gasteiger partial charge on any atom is 0.137 e. The van der Waals surface area contributed by atoms with Crippen molar-refractivity contribution in [1.82, 2.24) is 9.99 Å². The van der Waals surface area contributed by atoms with Gasteiger partial charge in [-0.05, 0) is 55.1 Å². The Morgan fingerprint density at radius 2 is 2.15 bits per heavy atom. The number of aliphatic hydroxyl groups excluding tert-OH is 1. The molecule has 0 amide bonds. The first kappa shape index (κ1) is 17.9. The van der Waals surface area contributed by atoms with Crippen LogP contribution in [0, 0.1) is 24.3 Å². The number of aryl methyl sites for hydroxylation is 1. The third-order valence-electron chi connectivity index (χ3n) is 6.65. The molecule has 2 heterocycles. The van der Waals surface area contributed by atoms with Crippen LogP contribution < -0.4 is 0 Å². The van der Waals surface area contributed by atoms with Gasteiger partial charge in [0.15, 0.2) is 0 Å². The number of alkyl halides is 1. The van der Waals surface area contributed by atoms with Gasteiger partial charge in [0.25, 0.3) is 0 Å². The Hall–Kier alpha value is -1.51. The number of piperidine rings is 1. The van der Waals surface area contributed by atoms with E-state index in [4.69, 9.17) is 6.57 Å². The Kier molecular flexibility index (Phi) is 4.98. The van der Waals surface area contributed by atoms with E-state index in [1.807, 2.05) is 5.01 Å². The largest absolute Gasteiger partial charge is 0.393 e. The lowest BCUT2D eigenvalue weighted by molar-refractivity contribution is -0.0357. The van der Waals surface area contributed by atoms with Crippen molar-refractivity contribution in [3.63, 3.8) is 0 Å².